The van der Waals surface area contributed by atoms with Gasteiger partial charge < -0.3 is 9.80 Å². The average Bonchev–Trinajstić information content (AvgIpc) is 3.40. The summed E-state index contributed by atoms with van der Waals surface area (Å²) in [6.45, 7) is 3.42. The SMILES string of the molecule is CN1CCN(C(=O)CSc2nc3sc4c(c3c(=O)n2C2CCCC2)CCCC4)CC1. The summed E-state index contributed by atoms with van der Waals surface area (Å²) in [5.74, 6) is 0.519. The molecule has 2 fully saturated rings. The van der Waals surface area contributed by atoms with E-state index in [1.807, 2.05) is 9.47 Å². The minimum absolute atomic E-state index is 0.140. The van der Waals surface area contributed by atoms with Gasteiger partial charge in [0.25, 0.3) is 5.56 Å². The number of likely N-dealkylation sites (N-methyl/N-ethyl adjacent to an activating group) is 1. The van der Waals surface area contributed by atoms with Crippen LogP contribution in [0.3, 0.4) is 0 Å². The Morgan fingerprint density at radius 2 is 1.83 bits per heavy atom. The summed E-state index contributed by atoms with van der Waals surface area (Å²) in [6.07, 6.45) is 8.87. The molecule has 0 bridgehead atoms. The van der Waals surface area contributed by atoms with Crippen LogP contribution in [0.25, 0.3) is 10.2 Å². The number of hydrogen-bond donors (Lipinski definition) is 0. The van der Waals surface area contributed by atoms with Crippen molar-refractivity contribution in [2.75, 3.05) is 39.0 Å². The van der Waals surface area contributed by atoms with E-state index < -0.39 is 0 Å². The number of thioether (sulfide) groups is 1. The second kappa shape index (κ2) is 8.63. The molecular weight excluding hydrogens is 416 g/mol. The van der Waals surface area contributed by atoms with Crippen LogP contribution in [0.2, 0.25) is 0 Å². The van der Waals surface area contributed by atoms with Crippen molar-refractivity contribution in [3.05, 3.63) is 20.8 Å². The summed E-state index contributed by atoms with van der Waals surface area (Å²) < 4.78 is 1.96. The lowest BCUT2D eigenvalue weighted by molar-refractivity contribution is -0.129. The van der Waals surface area contributed by atoms with Crippen molar-refractivity contribution in [2.45, 2.75) is 62.6 Å². The number of thiophene rings is 1. The fourth-order valence-electron chi connectivity index (χ4n) is 5.06. The van der Waals surface area contributed by atoms with Crippen molar-refractivity contribution in [1.82, 2.24) is 19.4 Å². The van der Waals surface area contributed by atoms with Gasteiger partial charge in [0.05, 0.1) is 11.1 Å². The van der Waals surface area contributed by atoms with E-state index in [1.54, 1.807) is 11.3 Å². The Morgan fingerprint density at radius 3 is 2.60 bits per heavy atom. The first-order chi connectivity index (χ1) is 14.6. The lowest BCUT2D eigenvalue weighted by Gasteiger charge is -2.32. The molecule has 0 radical (unpaired) electrons. The number of amides is 1. The van der Waals surface area contributed by atoms with E-state index in [0.717, 1.165) is 73.7 Å². The van der Waals surface area contributed by atoms with Crippen LogP contribution in [-0.2, 0) is 17.6 Å². The zero-order chi connectivity index (χ0) is 20.7. The van der Waals surface area contributed by atoms with Gasteiger partial charge in [-0.05, 0) is 51.1 Å². The van der Waals surface area contributed by atoms with Gasteiger partial charge in [0.1, 0.15) is 4.83 Å². The van der Waals surface area contributed by atoms with Crippen molar-refractivity contribution in [2.24, 2.45) is 0 Å². The molecular formula is C22H30N4O2S2. The Labute approximate surface area is 185 Å². The van der Waals surface area contributed by atoms with Crippen molar-refractivity contribution in [3.8, 4) is 0 Å². The Kier molecular flexibility index (Phi) is 5.90. The normalized spacial score (nSPS) is 20.8. The van der Waals surface area contributed by atoms with Gasteiger partial charge in [-0.3, -0.25) is 14.2 Å². The third kappa shape index (κ3) is 3.82. The lowest BCUT2D eigenvalue weighted by Crippen LogP contribution is -2.47. The quantitative estimate of drug-likeness (QED) is 0.533. The van der Waals surface area contributed by atoms with Crippen molar-refractivity contribution in [1.29, 1.82) is 0 Å². The maximum Gasteiger partial charge on any atom is 0.263 e. The van der Waals surface area contributed by atoms with Crippen LogP contribution < -0.4 is 5.56 Å². The first-order valence-corrected chi connectivity index (χ1v) is 13.1. The minimum atomic E-state index is 0.140. The number of hydrogen-bond acceptors (Lipinski definition) is 6. The van der Waals surface area contributed by atoms with Gasteiger partial charge in [0.15, 0.2) is 5.16 Å². The van der Waals surface area contributed by atoms with E-state index in [4.69, 9.17) is 4.98 Å². The number of carbonyl (C=O) groups excluding carboxylic acids is 1. The van der Waals surface area contributed by atoms with Gasteiger partial charge in [-0.15, -0.1) is 11.3 Å². The van der Waals surface area contributed by atoms with Crippen molar-refractivity contribution in [3.63, 3.8) is 0 Å². The minimum Gasteiger partial charge on any atom is -0.339 e. The predicted molar refractivity (Wildman–Crippen MR) is 123 cm³/mol. The second-order valence-corrected chi connectivity index (χ2v) is 10.9. The molecule has 3 aliphatic rings. The molecule has 6 nitrogen and oxygen atoms in total. The molecule has 0 spiro atoms. The third-order valence-electron chi connectivity index (χ3n) is 6.86. The maximum atomic E-state index is 13.7. The van der Waals surface area contributed by atoms with Gasteiger partial charge in [-0.2, -0.15) is 0 Å². The number of carbonyl (C=O) groups is 1. The van der Waals surface area contributed by atoms with Crippen molar-refractivity contribution >= 4 is 39.2 Å². The lowest BCUT2D eigenvalue weighted by atomic mass is 9.97. The highest BCUT2D eigenvalue weighted by molar-refractivity contribution is 7.99. The summed E-state index contributed by atoms with van der Waals surface area (Å²) in [7, 11) is 2.09. The van der Waals surface area contributed by atoms with Crippen LogP contribution in [0.4, 0.5) is 0 Å². The highest BCUT2D eigenvalue weighted by Crippen LogP contribution is 2.37. The third-order valence-corrected chi connectivity index (χ3v) is 8.98. The molecule has 162 valence electrons. The molecule has 0 N–H and O–H groups in total. The molecule has 30 heavy (non-hydrogen) atoms. The van der Waals surface area contributed by atoms with Gasteiger partial charge in [0.2, 0.25) is 5.91 Å². The molecule has 2 aromatic heterocycles. The van der Waals surface area contributed by atoms with Gasteiger partial charge >= 0.3 is 0 Å². The molecule has 3 heterocycles. The van der Waals surface area contributed by atoms with Crippen LogP contribution in [0, 0.1) is 0 Å². The largest absolute Gasteiger partial charge is 0.339 e. The number of fused-ring (bicyclic) bond motifs is 3. The first-order valence-electron chi connectivity index (χ1n) is 11.3. The zero-order valence-electron chi connectivity index (χ0n) is 17.7. The monoisotopic (exact) mass is 446 g/mol. The van der Waals surface area contributed by atoms with E-state index in [0.29, 0.717) is 5.75 Å². The molecule has 0 aromatic carbocycles. The smallest absolute Gasteiger partial charge is 0.263 e. The van der Waals surface area contributed by atoms with E-state index >= 15 is 0 Å². The van der Waals surface area contributed by atoms with Gasteiger partial charge in [-0.1, -0.05) is 24.6 Å². The zero-order valence-corrected chi connectivity index (χ0v) is 19.3. The summed E-state index contributed by atoms with van der Waals surface area (Å²) in [4.78, 5) is 37.9. The van der Waals surface area contributed by atoms with E-state index in [-0.39, 0.29) is 17.5 Å². The maximum absolute atomic E-state index is 13.7. The molecule has 5 rings (SSSR count). The molecule has 1 amide bonds. The molecule has 2 aliphatic carbocycles. The summed E-state index contributed by atoms with van der Waals surface area (Å²) in [5, 5.41) is 1.62. The van der Waals surface area contributed by atoms with Gasteiger partial charge in [-0.25, -0.2) is 4.98 Å². The Morgan fingerprint density at radius 1 is 1.10 bits per heavy atom. The summed E-state index contributed by atoms with van der Waals surface area (Å²) in [5.41, 5.74) is 1.40. The van der Waals surface area contributed by atoms with Gasteiger partial charge in [0, 0.05) is 37.1 Å². The standard InChI is InChI=1S/C22H30N4O2S2/c1-24-10-12-25(13-11-24)18(27)14-29-22-23-20-19(16-8-4-5-9-17(16)30-20)21(28)26(22)15-6-2-3-7-15/h15H,2-14H2,1H3. The molecule has 1 saturated heterocycles. The van der Waals surface area contributed by atoms with Crippen LogP contribution in [0.5, 0.6) is 0 Å². The van der Waals surface area contributed by atoms with Crippen LogP contribution in [-0.4, -0.2) is 64.2 Å². The molecule has 1 saturated carbocycles. The van der Waals surface area contributed by atoms with E-state index in [9.17, 15) is 9.59 Å². The fraction of sp³-hybridized carbons (Fsp3) is 0.682. The highest BCUT2D eigenvalue weighted by Gasteiger charge is 2.28. The highest BCUT2D eigenvalue weighted by atomic mass is 32.2. The first kappa shape index (κ1) is 20.5. The topological polar surface area (TPSA) is 58.4 Å². The van der Waals surface area contributed by atoms with Crippen LogP contribution in [0.15, 0.2) is 9.95 Å². The number of aromatic nitrogens is 2. The van der Waals surface area contributed by atoms with E-state index in [2.05, 4.69) is 11.9 Å². The predicted octanol–water partition coefficient (Wildman–Crippen LogP) is 3.32. The van der Waals surface area contributed by atoms with Crippen LogP contribution >= 0.6 is 23.1 Å². The second-order valence-electron chi connectivity index (χ2n) is 8.87. The Balaban J connectivity index is 1.46. The molecule has 0 unspecified atom stereocenters. The fourth-order valence-corrected chi connectivity index (χ4v) is 7.33. The molecule has 8 heteroatoms. The van der Waals surface area contributed by atoms with E-state index in [1.165, 1.54) is 41.5 Å². The Hall–Kier alpha value is -1.38. The molecule has 2 aromatic rings. The van der Waals surface area contributed by atoms with Crippen LogP contribution in [0.1, 0.15) is 55.0 Å². The number of nitrogens with zero attached hydrogens (tertiary/aromatic N) is 4. The summed E-state index contributed by atoms with van der Waals surface area (Å²) >= 11 is 3.17. The summed E-state index contributed by atoms with van der Waals surface area (Å²) in [6, 6.07) is 0.231. The molecule has 1 aliphatic heterocycles. The average molecular weight is 447 g/mol. The van der Waals surface area contributed by atoms with Crippen molar-refractivity contribution < 1.29 is 4.79 Å². The number of piperazine rings is 1. The number of rotatable bonds is 4. The number of aryl methyl sites for hydroxylation is 2. The molecule has 0 atom stereocenters. The Bertz CT molecular complexity index is 1000.